The summed E-state index contributed by atoms with van der Waals surface area (Å²) in [6.07, 6.45) is 2.37. The van der Waals surface area contributed by atoms with Gasteiger partial charge in [0.2, 0.25) is 0 Å². The average molecular weight is 371 g/mol. The number of hydrogen-bond acceptors (Lipinski definition) is 7. The molecule has 138 valence electrons. The van der Waals surface area contributed by atoms with Crippen molar-refractivity contribution in [2.75, 3.05) is 5.32 Å². The third kappa shape index (κ3) is 3.98. The molecular formula is C16H13N5O6. The van der Waals surface area contributed by atoms with Gasteiger partial charge in [-0.2, -0.15) is 5.10 Å². The van der Waals surface area contributed by atoms with Gasteiger partial charge in [0.1, 0.15) is 18.2 Å². The van der Waals surface area contributed by atoms with E-state index in [9.17, 15) is 25.0 Å². The molecule has 1 N–H and O–H groups in total. The van der Waals surface area contributed by atoms with Crippen LogP contribution in [0.5, 0.6) is 0 Å². The quantitative estimate of drug-likeness (QED) is 0.517. The number of non-ortho nitro benzene ring substituents is 1. The molecule has 0 fully saturated rings. The maximum atomic E-state index is 12.3. The summed E-state index contributed by atoms with van der Waals surface area (Å²) < 4.78 is 6.76. The molecule has 0 aliphatic heterocycles. The first-order chi connectivity index (χ1) is 12.8. The standard InChI is InChI=1S/C16H13N5O6/c1-10-6-11(20(23)24)2-4-14(10)18-16(22)15-5-3-13(27-15)9-19-8-12(7-17-19)21(25)26/h2-8H,9H2,1H3,(H,18,22). The Morgan fingerprint density at radius 3 is 2.56 bits per heavy atom. The van der Waals surface area contributed by atoms with E-state index in [1.54, 1.807) is 13.0 Å². The van der Waals surface area contributed by atoms with Gasteiger partial charge in [0.05, 0.1) is 16.4 Å². The second-order valence-corrected chi connectivity index (χ2v) is 5.63. The number of carbonyl (C=O) groups excluding carboxylic acids is 1. The molecule has 0 saturated carbocycles. The first kappa shape index (κ1) is 17.8. The number of carbonyl (C=O) groups is 1. The maximum absolute atomic E-state index is 12.3. The lowest BCUT2D eigenvalue weighted by Crippen LogP contribution is -2.12. The molecule has 0 atom stereocenters. The van der Waals surface area contributed by atoms with E-state index in [0.717, 1.165) is 6.20 Å². The van der Waals surface area contributed by atoms with Gasteiger partial charge in [-0.15, -0.1) is 0 Å². The van der Waals surface area contributed by atoms with Crippen molar-refractivity contribution in [2.24, 2.45) is 0 Å². The third-order valence-corrected chi connectivity index (χ3v) is 3.70. The Morgan fingerprint density at radius 1 is 1.19 bits per heavy atom. The lowest BCUT2D eigenvalue weighted by atomic mass is 10.2. The van der Waals surface area contributed by atoms with E-state index in [2.05, 4.69) is 10.4 Å². The van der Waals surface area contributed by atoms with Crippen molar-refractivity contribution in [1.29, 1.82) is 0 Å². The highest BCUT2D eigenvalue weighted by molar-refractivity contribution is 6.02. The summed E-state index contributed by atoms with van der Waals surface area (Å²) >= 11 is 0. The predicted octanol–water partition coefficient (Wildman–Crippen LogP) is 2.90. The second-order valence-electron chi connectivity index (χ2n) is 5.63. The highest BCUT2D eigenvalue weighted by atomic mass is 16.6. The fourth-order valence-electron chi connectivity index (χ4n) is 2.36. The zero-order valence-electron chi connectivity index (χ0n) is 14.0. The number of aryl methyl sites for hydroxylation is 1. The zero-order valence-corrected chi connectivity index (χ0v) is 14.0. The molecule has 0 bridgehead atoms. The van der Waals surface area contributed by atoms with Gasteiger partial charge in [0, 0.05) is 17.8 Å². The summed E-state index contributed by atoms with van der Waals surface area (Å²) in [5.41, 5.74) is 0.742. The van der Waals surface area contributed by atoms with Crippen molar-refractivity contribution in [1.82, 2.24) is 9.78 Å². The number of benzene rings is 1. The number of nitrogens with zero attached hydrogens (tertiary/aromatic N) is 4. The number of nitrogens with one attached hydrogen (secondary N) is 1. The average Bonchev–Trinajstić information content (AvgIpc) is 3.26. The Kier molecular flexibility index (Phi) is 4.66. The van der Waals surface area contributed by atoms with Crippen molar-refractivity contribution in [3.05, 3.63) is 80.0 Å². The van der Waals surface area contributed by atoms with Crippen LogP contribution in [-0.4, -0.2) is 25.5 Å². The van der Waals surface area contributed by atoms with Gasteiger partial charge in [-0.25, -0.2) is 0 Å². The van der Waals surface area contributed by atoms with E-state index >= 15 is 0 Å². The van der Waals surface area contributed by atoms with E-state index in [4.69, 9.17) is 4.42 Å². The van der Waals surface area contributed by atoms with Crippen molar-refractivity contribution in [2.45, 2.75) is 13.5 Å². The van der Waals surface area contributed by atoms with Gasteiger partial charge in [0.15, 0.2) is 5.76 Å². The fourth-order valence-corrected chi connectivity index (χ4v) is 2.36. The summed E-state index contributed by atoms with van der Waals surface area (Å²) in [4.78, 5) is 32.6. The van der Waals surface area contributed by atoms with Crippen LogP contribution in [0, 0.1) is 27.2 Å². The first-order valence-corrected chi connectivity index (χ1v) is 7.65. The monoisotopic (exact) mass is 371 g/mol. The van der Waals surface area contributed by atoms with Crippen LogP contribution < -0.4 is 5.32 Å². The van der Waals surface area contributed by atoms with Crippen LogP contribution in [0.15, 0.2) is 47.1 Å². The molecule has 0 aliphatic carbocycles. The maximum Gasteiger partial charge on any atom is 0.307 e. The Hall–Kier alpha value is -4.02. The van der Waals surface area contributed by atoms with Crippen molar-refractivity contribution in [3.63, 3.8) is 0 Å². The van der Waals surface area contributed by atoms with Crippen LogP contribution >= 0.6 is 0 Å². The number of nitro benzene ring substituents is 1. The molecular weight excluding hydrogens is 358 g/mol. The summed E-state index contributed by atoms with van der Waals surface area (Å²) in [6, 6.07) is 7.11. The van der Waals surface area contributed by atoms with Crippen LogP contribution in [0.4, 0.5) is 17.1 Å². The molecule has 2 heterocycles. The Bertz CT molecular complexity index is 1040. The highest BCUT2D eigenvalue weighted by Gasteiger charge is 2.16. The number of furan rings is 1. The predicted molar refractivity (Wildman–Crippen MR) is 92.5 cm³/mol. The molecule has 11 heteroatoms. The van der Waals surface area contributed by atoms with Crippen LogP contribution in [0.1, 0.15) is 21.9 Å². The number of anilines is 1. The molecule has 0 saturated heterocycles. The number of amides is 1. The first-order valence-electron chi connectivity index (χ1n) is 7.65. The summed E-state index contributed by atoms with van der Waals surface area (Å²) in [5.74, 6) is -0.104. The van der Waals surface area contributed by atoms with Gasteiger partial charge in [-0.1, -0.05) is 0 Å². The zero-order chi connectivity index (χ0) is 19.6. The number of rotatable bonds is 6. The van der Waals surface area contributed by atoms with E-state index in [-0.39, 0.29) is 23.7 Å². The molecule has 0 radical (unpaired) electrons. The summed E-state index contributed by atoms with van der Waals surface area (Å²) in [7, 11) is 0. The Morgan fingerprint density at radius 2 is 1.93 bits per heavy atom. The van der Waals surface area contributed by atoms with Gasteiger partial charge < -0.3 is 9.73 Å². The molecule has 0 aliphatic rings. The minimum absolute atomic E-state index is 0.0319. The summed E-state index contributed by atoms with van der Waals surface area (Å²) in [6.45, 7) is 1.76. The molecule has 11 nitrogen and oxygen atoms in total. The lowest BCUT2D eigenvalue weighted by Gasteiger charge is -2.06. The second kappa shape index (κ2) is 7.07. The minimum atomic E-state index is -0.558. The smallest absolute Gasteiger partial charge is 0.307 e. The topological polar surface area (TPSA) is 146 Å². The molecule has 1 aromatic carbocycles. The molecule has 0 unspecified atom stereocenters. The highest BCUT2D eigenvalue weighted by Crippen LogP contribution is 2.22. The van der Waals surface area contributed by atoms with Crippen molar-refractivity contribution >= 4 is 23.0 Å². The van der Waals surface area contributed by atoms with Gasteiger partial charge >= 0.3 is 5.69 Å². The van der Waals surface area contributed by atoms with E-state index in [0.29, 0.717) is 17.0 Å². The van der Waals surface area contributed by atoms with E-state index in [1.807, 2.05) is 0 Å². The van der Waals surface area contributed by atoms with Crippen LogP contribution in [0.25, 0.3) is 0 Å². The molecule has 3 rings (SSSR count). The normalized spacial score (nSPS) is 10.6. The molecule has 2 aromatic heterocycles. The van der Waals surface area contributed by atoms with Crippen LogP contribution in [0.3, 0.4) is 0 Å². The summed E-state index contributed by atoms with van der Waals surface area (Å²) in [5, 5.41) is 27.9. The van der Waals surface area contributed by atoms with Crippen molar-refractivity contribution < 1.29 is 19.1 Å². The van der Waals surface area contributed by atoms with Crippen molar-refractivity contribution in [3.8, 4) is 0 Å². The number of aromatic nitrogens is 2. The Labute approximate surface area is 151 Å². The van der Waals surface area contributed by atoms with E-state index in [1.165, 1.54) is 35.1 Å². The van der Waals surface area contributed by atoms with Gasteiger partial charge in [-0.3, -0.25) is 29.7 Å². The number of hydrogen-bond donors (Lipinski definition) is 1. The van der Waals surface area contributed by atoms with Crippen LogP contribution in [0.2, 0.25) is 0 Å². The van der Waals surface area contributed by atoms with Gasteiger partial charge in [0.25, 0.3) is 11.6 Å². The molecule has 3 aromatic rings. The third-order valence-electron chi connectivity index (χ3n) is 3.70. The molecule has 27 heavy (non-hydrogen) atoms. The van der Waals surface area contributed by atoms with E-state index < -0.39 is 15.8 Å². The Balaban J connectivity index is 1.69. The van der Waals surface area contributed by atoms with Gasteiger partial charge in [-0.05, 0) is 30.7 Å². The fraction of sp³-hybridized carbons (Fsp3) is 0.125. The SMILES string of the molecule is Cc1cc([N+](=O)[O-])ccc1NC(=O)c1ccc(Cn2cc([N+](=O)[O-])cn2)o1. The largest absolute Gasteiger partial charge is 0.454 e. The molecule has 1 amide bonds. The van der Waals surface area contributed by atoms with Crippen LogP contribution in [-0.2, 0) is 6.54 Å². The lowest BCUT2D eigenvalue weighted by molar-refractivity contribution is -0.385. The minimum Gasteiger partial charge on any atom is -0.454 e. The molecule has 0 spiro atoms. The number of nitro groups is 2.